The second-order valence-corrected chi connectivity index (χ2v) is 8.33. The van der Waals surface area contributed by atoms with E-state index in [1.165, 1.54) is 38.5 Å². The van der Waals surface area contributed by atoms with Crippen LogP contribution in [0.25, 0.3) is 11.0 Å². The van der Waals surface area contributed by atoms with Crippen LogP contribution in [0.1, 0.15) is 86.0 Å². The number of benzene rings is 1. The first-order valence-electron chi connectivity index (χ1n) is 11.5. The molecule has 30 heavy (non-hydrogen) atoms. The summed E-state index contributed by atoms with van der Waals surface area (Å²) in [7, 11) is 0. The van der Waals surface area contributed by atoms with E-state index >= 15 is 0 Å². The van der Waals surface area contributed by atoms with Gasteiger partial charge in [0.1, 0.15) is 16.7 Å². The maximum absolute atomic E-state index is 12.6. The van der Waals surface area contributed by atoms with Crippen molar-refractivity contribution in [3.63, 3.8) is 0 Å². The molecule has 0 aliphatic rings. The lowest BCUT2D eigenvalue weighted by atomic mass is 10.1. The highest BCUT2D eigenvalue weighted by atomic mass is 16.5. The summed E-state index contributed by atoms with van der Waals surface area (Å²) in [5.41, 5.74) is -0.0763. The van der Waals surface area contributed by atoms with Gasteiger partial charge in [-0.25, -0.2) is 4.79 Å². The maximum Gasteiger partial charge on any atom is 0.383 e. The number of fused-ring (bicyclic) bond motifs is 1. The molecule has 168 valence electrons. The van der Waals surface area contributed by atoms with Crippen molar-refractivity contribution in [1.82, 2.24) is 0 Å². The Labute approximate surface area is 180 Å². The van der Waals surface area contributed by atoms with E-state index in [0.717, 1.165) is 12.8 Å². The van der Waals surface area contributed by atoms with Crippen LogP contribution in [0.2, 0.25) is 0 Å². The van der Waals surface area contributed by atoms with Gasteiger partial charge in [-0.3, -0.25) is 0 Å². The first-order valence-corrected chi connectivity index (χ1v) is 11.5. The minimum atomic E-state index is -0.514. The molecule has 1 aromatic carbocycles. The predicted octanol–water partition coefficient (Wildman–Crippen LogP) is 6.89. The molecular formula is C25H38O5. The standard InChI is InChI=1S/C25H38O5/c1-6-7-8-9-10-11-12-13-17-27-24-23(29-19(4)5)22-20(28-18(2)3)15-14-16-21(22)30-25(24)26/h14-16,18-19H,6-13,17H2,1-5H3. The summed E-state index contributed by atoms with van der Waals surface area (Å²) in [6.45, 7) is 10.5. The van der Waals surface area contributed by atoms with Crippen LogP contribution in [0.15, 0.2) is 27.4 Å². The molecule has 0 amide bonds. The summed E-state index contributed by atoms with van der Waals surface area (Å²) >= 11 is 0. The number of rotatable bonds is 14. The summed E-state index contributed by atoms with van der Waals surface area (Å²) in [6.07, 6.45) is 9.52. The maximum atomic E-state index is 12.6. The van der Waals surface area contributed by atoms with Crippen molar-refractivity contribution in [3.05, 3.63) is 28.6 Å². The Bertz CT molecular complexity index is 822. The molecule has 1 heterocycles. The molecule has 2 aromatic rings. The van der Waals surface area contributed by atoms with E-state index in [9.17, 15) is 4.79 Å². The van der Waals surface area contributed by atoms with Crippen LogP contribution in [0.5, 0.6) is 17.2 Å². The van der Waals surface area contributed by atoms with Gasteiger partial charge in [0.25, 0.3) is 0 Å². The molecule has 0 aliphatic carbocycles. The van der Waals surface area contributed by atoms with Crippen LogP contribution in [-0.4, -0.2) is 18.8 Å². The fourth-order valence-electron chi connectivity index (χ4n) is 3.41. The molecule has 5 heteroatoms. The van der Waals surface area contributed by atoms with Gasteiger partial charge in [-0.05, 0) is 46.2 Å². The quantitative estimate of drug-likeness (QED) is 0.247. The van der Waals surface area contributed by atoms with Crippen LogP contribution in [0, 0.1) is 0 Å². The third-order valence-electron chi connectivity index (χ3n) is 4.77. The van der Waals surface area contributed by atoms with Crippen LogP contribution in [-0.2, 0) is 0 Å². The third kappa shape index (κ3) is 7.26. The van der Waals surface area contributed by atoms with E-state index < -0.39 is 5.63 Å². The van der Waals surface area contributed by atoms with E-state index in [-0.39, 0.29) is 18.0 Å². The predicted molar refractivity (Wildman–Crippen MR) is 122 cm³/mol. The SMILES string of the molecule is CCCCCCCCCCOc1c(OC(C)C)c2c(OC(C)C)cccc2oc1=O. The molecule has 0 N–H and O–H groups in total. The monoisotopic (exact) mass is 418 g/mol. The smallest absolute Gasteiger partial charge is 0.383 e. The zero-order valence-electron chi connectivity index (χ0n) is 19.3. The van der Waals surface area contributed by atoms with Crippen molar-refractivity contribution in [3.8, 4) is 17.2 Å². The zero-order chi connectivity index (χ0) is 21.9. The Morgan fingerprint density at radius 2 is 1.47 bits per heavy atom. The van der Waals surface area contributed by atoms with Crippen LogP contribution in [0.4, 0.5) is 0 Å². The fourth-order valence-corrected chi connectivity index (χ4v) is 3.41. The molecule has 0 radical (unpaired) electrons. The normalized spacial score (nSPS) is 11.4. The van der Waals surface area contributed by atoms with E-state index in [4.69, 9.17) is 18.6 Å². The molecule has 0 saturated carbocycles. The molecule has 5 nitrogen and oxygen atoms in total. The zero-order valence-corrected chi connectivity index (χ0v) is 19.3. The average molecular weight is 419 g/mol. The lowest BCUT2D eigenvalue weighted by Gasteiger charge is -2.18. The second kappa shape index (κ2) is 12.5. The highest BCUT2D eigenvalue weighted by Crippen LogP contribution is 2.39. The Balaban J connectivity index is 2.14. The van der Waals surface area contributed by atoms with E-state index in [1.807, 2.05) is 39.8 Å². The number of hydrogen-bond acceptors (Lipinski definition) is 5. The molecular weight excluding hydrogens is 380 g/mol. The molecule has 1 aromatic heterocycles. The summed E-state index contributed by atoms with van der Waals surface area (Å²) in [4.78, 5) is 12.6. The van der Waals surface area contributed by atoms with Gasteiger partial charge < -0.3 is 18.6 Å². The largest absolute Gasteiger partial charge is 0.490 e. The molecule has 0 bridgehead atoms. The van der Waals surface area contributed by atoms with Crippen LogP contribution < -0.4 is 19.8 Å². The Hall–Kier alpha value is -2.17. The minimum absolute atomic E-state index is 0.0175. The lowest BCUT2D eigenvalue weighted by Crippen LogP contribution is -2.15. The highest BCUT2D eigenvalue weighted by molar-refractivity contribution is 5.91. The van der Waals surface area contributed by atoms with Crippen molar-refractivity contribution in [2.45, 2.75) is 98.2 Å². The van der Waals surface area contributed by atoms with Crippen molar-refractivity contribution >= 4 is 11.0 Å². The first kappa shape index (κ1) is 24.1. The van der Waals surface area contributed by atoms with E-state index in [1.54, 1.807) is 6.07 Å². The Kier molecular flexibility index (Phi) is 10.0. The summed E-state index contributed by atoms with van der Waals surface area (Å²) in [5, 5.41) is 0.644. The van der Waals surface area contributed by atoms with Gasteiger partial charge in [-0.2, -0.15) is 0 Å². The van der Waals surface area contributed by atoms with Gasteiger partial charge in [0.05, 0.1) is 18.8 Å². The van der Waals surface area contributed by atoms with E-state index in [2.05, 4.69) is 6.92 Å². The number of hydrogen-bond donors (Lipinski definition) is 0. The fraction of sp³-hybridized carbons (Fsp3) is 0.640. The summed E-state index contributed by atoms with van der Waals surface area (Å²) < 4.78 is 23.4. The first-order chi connectivity index (χ1) is 14.4. The third-order valence-corrected chi connectivity index (χ3v) is 4.77. The molecule has 2 rings (SSSR count). The van der Waals surface area contributed by atoms with Crippen molar-refractivity contribution in [1.29, 1.82) is 0 Å². The molecule has 0 fully saturated rings. The van der Waals surface area contributed by atoms with E-state index in [0.29, 0.717) is 29.1 Å². The topological polar surface area (TPSA) is 57.9 Å². The van der Waals surface area contributed by atoms with Gasteiger partial charge in [0.15, 0.2) is 5.75 Å². The van der Waals surface area contributed by atoms with Gasteiger partial charge in [-0.15, -0.1) is 0 Å². The molecule has 0 saturated heterocycles. The van der Waals surface area contributed by atoms with Gasteiger partial charge in [-0.1, -0.05) is 57.9 Å². The van der Waals surface area contributed by atoms with Crippen LogP contribution >= 0.6 is 0 Å². The molecule has 0 aliphatic heterocycles. The average Bonchev–Trinajstić information content (AvgIpc) is 2.67. The lowest BCUT2D eigenvalue weighted by molar-refractivity contribution is 0.213. The summed E-state index contributed by atoms with van der Waals surface area (Å²) in [6, 6.07) is 5.42. The number of unbranched alkanes of at least 4 members (excludes halogenated alkanes) is 7. The second-order valence-electron chi connectivity index (χ2n) is 8.33. The van der Waals surface area contributed by atoms with Crippen LogP contribution in [0.3, 0.4) is 0 Å². The molecule has 0 unspecified atom stereocenters. The van der Waals surface area contributed by atoms with Crippen molar-refractivity contribution < 1.29 is 18.6 Å². The van der Waals surface area contributed by atoms with Crippen molar-refractivity contribution in [2.24, 2.45) is 0 Å². The van der Waals surface area contributed by atoms with Gasteiger partial charge in [0, 0.05) is 0 Å². The Morgan fingerprint density at radius 3 is 2.10 bits per heavy atom. The van der Waals surface area contributed by atoms with Crippen molar-refractivity contribution in [2.75, 3.05) is 6.61 Å². The molecule has 0 atom stereocenters. The highest BCUT2D eigenvalue weighted by Gasteiger charge is 2.22. The summed E-state index contributed by atoms with van der Waals surface area (Å²) in [5.74, 6) is 1.17. The molecule has 0 spiro atoms. The van der Waals surface area contributed by atoms with Gasteiger partial charge >= 0.3 is 5.63 Å². The minimum Gasteiger partial charge on any atom is -0.490 e. The van der Waals surface area contributed by atoms with Gasteiger partial charge in [0.2, 0.25) is 5.75 Å². The number of ether oxygens (including phenoxy) is 3. The Morgan fingerprint density at radius 1 is 0.833 bits per heavy atom.